The third-order valence-electron chi connectivity index (χ3n) is 0.440. The van der Waals surface area contributed by atoms with Crippen LogP contribution in [0.3, 0.4) is 0 Å². The Bertz CT molecular complexity index is 85.0. The van der Waals surface area contributed by atoms with E-state index < -0.39 is 0 Å². The van der Waals surface area contributed by atoms with E-state index in [2.05, 4.69) is 26.6 Å². The average Bonchev–Trinajstić information content (AvgIpc) is 1.86. The number of hydrogen-bond acceptors (Lipinski definition) is 2. The second-order valence-electron chi connectivity index (χ2n) is 0.869. The first-order chi connectivity index (χ1) is 2.89. The maximum atomic E-state index is 3.61. The van der Waals surface area contributed by atoms with E-state index in [1.54, 1.807) is 12.4 Å². The van der Waals surface area contributed by atoms with E-state index in [0.29, 0.717) is 0 Å². The molecule has 3 nitrogen and oxygen atoms in total. The second kappa shape index (κ2) is 1.51. The van der Waals surface area contributed by atoms with E-state index >= 15 is 0 Å². The van der Waals surface area contributed by atoms with Crippen molar-refractivity contribution >= 4 is 16.2 Å². The number of nitrogens with zero attached hydrogens (tertiary/aromatic N) is 2. The first kappa shape index (κ1) is 3.99. The molecule has 1 aliphatic rings. The molecule has 1 N–H and O–H groups in total. The fourth-order valence-corrected chi connectivity index (χ4v) is 0.447. The number of quaternary nitrogens is 1. The summed E-state index contributed by atoms with van der Waals surface area (Å²) < 4.78 is 0.856. The third kappa shape index (κ3) is 0.653. The van der Waals surface area contributed by atoms with Crippen molar-refractivity contribution in [3.8, 4) is 0 Å². The van der Waals surface area contributed by atoms with E-state index in [9.17, 15) is 0 Å². The van der Waals surface area contributed by atoms with E-state index in [1.165, 1.54) is 0 Å². The van der Waals surface area contributed by atoms with Crippen LogP contribution in [0.1, 0.15) is 0 Å². The van der Waals surface area contributed by atoms with Crippen LogP contribution in [-0.2, 0) is 0 Å². The van der Waals surface area contributed by atoms with Gasteiger partial charge in [0, 0.05) is 0 Å². The van der Waals surface area contributed by atoms with Gasteiger partial charge in [0.25, 0.3) is 0 Å². The first-order valence-electron chi connectivity index (χ1n) is 1.51. The molecule has 0 radical (unpaired) electrons. The molecule has 0 saturated carbocycles. The molecule has 0 aromatic rings. The summed E-state index contributed by atoms with van der Waals surface area (Å²) in [6.45, 7) is 0. The van der Waals surface area contributed by atoms with Crippen molar-refractivity contribution in [1.82, 2.24) is 0 Å². The Hall–Kier alpha value is -0.181. The molecule has 0 fully saturated rings. The molecule has 4 heteroatoms. The van der Waals surface area contributed by atoms with Gasteiger partial charge in [0.1, 0.15) is 0 Å². The zero-order valence-corrected chi connectivity index (χ0v) is 4.67. The van der Waals surface area contributed by atoms with E-state index in [0.717, 1.165) is 4.03 Å². The fraction of sp³-hybridized carbons (Fsp3) is 0. The van der Waals surface area contributed by atoms with Gasteiger partial charge in [-0.25, -0.2) is 0 Å². The molecule has 1 heterocycles. The summed E-state index contributed by atoms with van der Waals surface area (Å²) in [7, 11) is 0. The predicted octanol–water partition coefficient (Wildman–Crippen LogP) is -1.19. The SMILES string of the molecule is [Se-][NH+]1C=CN=N1. The van der Waals surface area contributed by atoms with Crippen LogP contribution < -0.4 is 4.03 Å². The van der Waals surface area contributed by atoms with E-state index in [-0.39, 0.29) is 0 Å². The first-order valence-corrected chi connectivity index (χ1v) is 2.36. The molecule has 0 aliphatic carbocycles. The monoisotopic (exact) mass is 149 g/mol. The van der Waals surface area contributed by atoms with Gasteiger partial charge in [0.15, 0.2) is 0 Å². The van der Waals surface area contributed by atoms with Crippen LogP contribution in [0, 0.1) is 0 Å². The Morgan fingerprint density at radius 3 is 2.67 bits per heavy atom. The summed E-state index contributed by atoms with van der Waals surface area (Å²) in [5, 5.41) is 7.15. The van der Waals surface area contributed by atoms with Gasteiger partial charge in [-0.05, 0) is 0 Å². The zero-order chi connectivity index (χ0) is 4.41. The predicted molar refractivity (Wildman–Crippen MR) is 20.7 cm³/mol. The minimum absolute atomic E-state index is 0.856. The van der Waals surface area contributed by atoms with E-state index in [4.69, 9.17) is 0 Å². The molecule has 32 valence electrons. The van der Waals surface area contributed by atoms with Crippen molar-refractivity contribution in [1.29, 1.82) is 0 Å². The Morgan fingerprint density at radius 2 is 2.50 bits per heavy atom. The number of nitrogens with one attached hydrogen (secondary N) is 1. The Morgan fingerprint density at radius 1 is 1.67 bits per heavy atom. The van der Waals surface area contributed by atoms with Gasteiger partial charge in [0.2, 0.25) is 0 Å². The Labute approximate surface area is 43.7 Å². The molecule has 0 aromatic carbocycles. The van der Waals surface area contributed by atoms with Gasteiger partial charge < -0.3 is 0 Å². The van der Waals surface area contributed by atoms with Gasteiger partial charge in [-0.3, -0.25) is 0 Å². The number of rotatable bonds is 0. The Kier molecular flexibility index (Phi) is 1.01. The van der Waals surface area contributed by atoms with Crippen LogP contribution in [0.5, 0.6) is 0 Å². The van der Waals surface area contributed by atoms with Crippen LogP contribution in [0.4, 0.5) is 0 Å². The fourth-order valence-electron chi connectivity index (χ4n) is 0.221. The Balaban J connectivity index is 2.60. The van der Waals surface area contributed by atoms with Gasteiger partial charge in [-0.1, -0.05) is 0 Å². The normalized spacial score (nSPS) is 29.2. The molecular weight excluding hydrogens is 145 g/mol. The van der Waals surface area contributed by atoms with Crippen LogP contribution in [0.2, 0.25) is 0 Å². The number of hydrogen-bond donors (Lipinski definition) is 1. The van der Waals surface area contributed by atoms with Crippen molar-refractivity contribution < 1.29 is 4.03 Å². The third-order valence-corrected chi connectivity index (χ3v) is 0.897. The molecule has 0 saturated heterocycles. The van der Waals surface area contributed by atoms with Crippen LogP contribution in [0.15, 0.2) is 22.7 Å². The summed E-state index contributed by atoms with van der Waals surface area (Å²) in [6, 6.07) is 0. The minimum atomic E-state index is 0.856. The van der Waals surface area contributed by atoms with Crippen molar-refractivity contribution in [2.75, 3.05) is 0 Å². The molecule has 6 heavy (non-hydrogen) atoms. The van der Waals surface area contributed by atoms with Crippen molar-refractivity contribution in [3.63, 3.8) is 0 Å². The molecule has 0 amide bonds. The second-order valence-corrected chi connectivity index (χ2v) is 1.75. The zero-order valence-electron chi connectivity index (χ0n) is 2.96. The summed E-state index contributed by atoms with van der Waals surface area (Å²) in [5.41, 5.74) is 0. The van der Waals surface area contributed by atoms with Gasteiger partial charge in [-0.15, -0.1) is 0 Å². The summed E-state index contributed by atoms with van der Waals surface area (Å²) >= 11 is 2.71. The van der Waals surface area contributed by atoms with Gasteiger partial charge in [-0.2, -0.15) is 0 Å². The van der Waals surface area contributed by atoms with Gasteiger partial charge in [0.05, 0.1) is 0 Å². The molecule has 0 bridgehead atoms. The van der Waals surface area contributed by atoms with Crippen molar-refractivity contribution in [2.24, 2.45) is 10.3 Å². The molecule has 0 spiro atoms. The molecule has 1 rings (SSSR count). The van der Waals surface area contributed by atoms with Crippen molar-refractivity contribution in [2.45, 2.75) is 0 Å². The molecule has 1 atom stereocenters. The standard InChI is InChI=1S/C2H3N3Se/c6-5-2-1-3-4-5/h1-2,5H. The van der Waals surface area contributed by atoms with Crippen molar-refractivity contribution in [3.05, 3.63) is 12.4 Å². The van der Waals surface area contributed by atoms with E-state index in [1.807, 2.05) is 0 Å². The molecule has 1 aliphatic heterocycles. The molecule has 0 aromatic heterocycles. The summed E-state index contributed by atoms with van der Waals surface area (Å²) in [4.78, 5) is 0. The average molecular weight is 148 g/mol. The maximum absolute atomic E-state index is 3.61. The van der Waals surface area contributed by atoms with Crippen LogP contribution in [-0.4, -0.2) is 16.2 Å². The summed E-state index contributed by atoms with van der Waals surface area (Å²) in [5.74, 6) is 0. The van der Waals surface area contributed by atoms with Gasteiger partial charge >= 0.3 is 43.0 Å². The van der Waals surface area contributed by atoms with Crippen LogP contribution >= 0.6 is 0 Å². The van der Waals surface area contributed by atoms with Crippen LogP contribution in [0.25, 0.3) is 0 Å². The molecule has 1 unspecified atom stereocenters. The topological polar surface area (TPSA) is 29.2 Å². The molecular formula is C2H3N3Se. The quantitative estimate of drug-likeness (QED) is 0.418. The summed E-state index contributed by atoms with van der Waals surface area (Å²) in [6.07, 6.45) is 3.45.